The predicted molar refractivity (Wildman–Crippen MR) is 114 cm³/mol. The minimum Gasteiger partial charge on any atom is -0.493 e. The quantitative estimate of drug-likeness (QED) is 0.630. The molecule has 0 saturated carbocycles. The number of carbonyl (C=O) groups is 1. The van der Waals surface area contributed by atoms with Crippen LogP contribution in [0.2, 0.25) is 0 Å². The summed E-state index contributed by atoms with van der Waals surface area (Å²) in [5.74, 6) is 1.09. The molecule has 1 N–H and O–H groups in total. The van der Waals surface area contributed by atoms with Gasteiger partial charge in [0.2, 0.25) is 0 Å². The molecule has 0 radical (unpaired) electrons. The third-order valence-corrected chi connectivity index (χ3v) is 5.41. The van der Waals surface area contributed by atoms with E-state index in [0.29, 0.717) is 49.0 Å². The summed E-state index contributed by atoms with van der Waals surface area (Å²) in [6.45, 7) is 3.35. The van der Waals surface area contributed by atoms with Crippen molar-refractivity contribution in [1.29, 1.82) is 0 Å². The average Bonchev–Trinajstić information content (AvgIpc) is 3.22. The third kappa shape index (κ3) is 4.54. The highest BCUT2D eigenvalue weighted by Gasteiger charge is 2.27. The van der Waals surface area contributed by atoms with E-state index >= 15 is 0 Å². The van der Waals surface area contributed by atoms with Crippen LogP contribution < -0.4 is 14.8 Å². The Morgan fingerprint density at radius 1 is 1.16 bits per heavy atom. The van der Waals surface area contributed by atoms with Gasteiger partial charge in [0.1, 0.15) is 6.10 Å². The Labute approximate surface area is 181 Å². The van der Waals surface area contributed by atoms with Crippen LogP contribution >= 0.6 is 0 Å². The Balaban J connectivity index is 1.36. The molecule has 0 bridgehead atoms. The molecule has 1 atom stereocenters. The van der Waals surface area contributed by atoms with Gasteiger partial charge in [-0.3, -0.25) is 4.79 Å². The van der Waals surface area contributed by atoms with Crippen molar-refractivity contribution in [1.82, 2.24) is 20.3 Å². The van der Waals surface area contributed by atoms with Crippen LogP contribution in [0.3, 0.4) is 0 Å². The second-order valence-corrected chi connectivity index (χ2v) is 7.47. The van der Waals surface area contributed by atoms with Gasteiger partial charge in [-0.15, -0.1) is 5.10 Å². The molecule has 0 spiro atoms. The normalized spacial score (nSPS) is 15.3. The molecule has 1 aliphatic heterocycles. The predicted octanol–water partition coefficient (Wildman–Crippen LogP) is 2.85. The van der Waals surface area contributed by atoms with Gasteiger partial charge >= 0.3 is 0 Å². The maximum atomic E-state index is 12.7. The van der Waals surface area contributed by atoms with Crippen molar-refractivity contribution >= 4 is 5.91 Å². The molecule has 8 nitrogen and oxygen atoms in total. The molecule has 1 unspecified atom stereocenters. The van der Waals surface area contributed by atoms with Crippen molar-refractivity contribution in [2.24, 2.45) is 0 Å². The molecule has 162 valence electrons. The number of aryl methyl sites for hydroxylation is 1. The van der Waals surface area contributed by atoms with Gasteiger partial charge in [0.15, 0.2) is 17.2 Å². The van der Waals surface area contributed by atoms with Crippen LogP contribution in [-0.2, 0) is 24.3 Å². The lowest BCUT2D eigenvalue weighted by Crippen LogP contribution is -2.29. The number of carbonyl (C=O) groups excluding carboxylic acids is 1. The number of rotatable bonds is 7. The summed E-state index contributed by atoms with van der Waals surface area (Å²) in [7, 11) is 3.20. The number of benzene rings is 2. The summed E-state index contributed by atoms with van der Waals surface area (Å²) < 4.78 is 18.3. The van der Waals surface area contributed by atoms with Crippen molar-refractivity contribution in [2.45, 2.75) is 32.6 Å². The Bertz CT molecular complexity index is 1060. The molecule has 31 heavy (non-hydrogen) atoms. The Morgan fingerprint density at radius 3 is 2.68 bits per heavy atom. The summed E-state index contributed by atoms with van der Waals surface area (Å²) in [6, 6.07) is 14.0. The van der Waals surface area contributed by atoms with E-state index in [1.807, 2.05) is 18.2 Å². The minimum absolute atomic E-state index is 0.101. The smallest absolute Gasteiger partial charge is 0.273 e. The van der Waals surface area contributed by atoms with Gasteiger partial charge in [0.25, 0.3) is 5.91 Å². The van der Waals surface area contributed by atoms with E-state index in [1.54, 1.807) is 18.9 Å². The Kier molecular flexibility index (Phi) is 6.18. The summed E-state index contributed by atoms with van der Waals surface area (Å²) in [5.41, 5.74) is 4.34. The second kappa shape index (κ2) is 9.18. The molecule has 0 saturated heterocycles. The van der Waals surface area contributed by atoms with Crippen molar-refractivity contribution in [3.63, 3.8) is 0 Å². The SMILES string of the molecule is COc1ccc(CCNC(=O)c2nnn3c2COC(c2ccc(C)cc2)C3)cc1OC. The van der Waals surface area contributed by atoms with Gasteiger partial charge in [-0.05, 0) is 36.6 Å². The Morgan fingerprint density at radius 2 is 1.94 bits per heavy atom. The highest BCUT2D eigenvalue weighted by molar-refractivity contribution is 5.93. The molecule has 0 aliphatic carbocycles. The molecule has 1 aliphatic rings. The van der Waals surface area contributed by atoms with E-state index in [-0.39, 0.29) is 12.0 Å². The van der Waals surface area contributed by atoms with Crippen LogP contribution in [0, 0.1) is 6.92 Å². The first kappa shape index (κ1) is 20.9. The number of hydrogen-bond acceptors (Lipinski definition) is 6. The summed E-state index contributed by atoms with van der Waals surface area (Å²) in [4.78, 5) is 12.7. The average molecular weight is 422 g/mol. The van der Waals surface area contributed by atoms with Crippen LogP contribution in [0.4, 0.5) is 0 Å². The number of nitrogens with one attached hydrogen (secondary N) is 1. The minimum atomic E-state index is -0.251. The van der Waals surface area contributed by atoms with Crippen molar-refractivity contribution in [2.75, 3.05) is 20.8 Å². The topological polar surface area (TPSA) is 87.5 Å². The first-order valence-electron chi connectivity index (χ1n) is 10.2. The zero-order valence-electron chi connectivity index (χ0n) is 17.9. The zero-order chi connectivity index (χ0) is 21.8. The molecule has 4 rings (SSSR count). The Hall–Kier alpha value is -3.39. The van der Waals surface area contributed by atoms with E-state index in [0.717, 1.165) is 11.1 Å². The van der Waals surface area contributed by atoms with Crippen molar-refractivity contribution in [3.8, 4) is 11.5 Å². The lowest BCUT2D eigenvalue weighted by atomic mass is 10.1. The molecular weight excluding hydrogens is 396 g/mol. The maximum Gasteiger partial charge on any atom is 0.273 e. The van der Waals surface area contributed by atoms with Crippen LogP contribution in [0.15, 0.2) is 42.5 Å². The molecule has 1 amide bonds. The van der Waals surface area contributed by atoms with Crippen LogP contribution in [0.5, 0.6) is 11.5 Å². The highest BCUT2D eigenvalue weighted by Crippen LogP contribution is 2.28. The van der Waals surface area contributed by atoms with E-state index < -0.39 is 0 Å². The molecule has 2 heterocycles. The molecule has 3 aromatic rings. The third-order valence-electron chi connectivity index (χ3n) is 5.41. The van der Waals surface area contributed by atoms with Gasteiger partial charge < -0.3 is 19.5 Å². The van der Waals surface area contributed by atoms with Crippen LogP contribution in [0.25, 0.3) is 0 Å². The summed E-state index contributed by atoms with van der Waals surface area (Å²) >= 11 is 0. The highest BCUT2D eigenvalue weighted by atomic mass is 16.5. The van der Waals surface area contributed by atoms with Crippen molar-refractivity contribution < 1.29 is 19.0 Å². The number of ether oxygens (including phenoxy) is 3. The monoisotopic (exact) mass is 422 g/mol. The molecule has 8 heteroatoms. The fraction of sp³-hybridized carbons (Fsp3) is 0.348. The van der Waals surface area contributed by atoms with Crippen LogP contribution in [-0.4, -0.2) is 41.7 Å². The van der Waals surface area contributed by atoms with Gasteiger partial charge in [-0.25, -0.2) is 4.68 Å². The second-order valence-electron chi connectivity index (χ2n) is 7.47. The lowest BCUT2D eigenvalue weighted by Gasteiger charge is -2.24. The first-order valence-corrected chi connectivity index (χ1v) is 10.2. The zero-order valence-corrected chi connectivity index (χ0v) is 17.9. The van der Waals surface area contributed by atoms with Crippen LogP contribution in [0.1, 0.15) is 39.0 Å². The van der Waals surface area contributed by atoms with E-state index in [4.69, 9.17) is 14.2 Å². The number of amides is 1. The lowest BCUT2D eigenvalue weighted by molar-refractivity contribution is -0.00177. The molecular formula is C23H26N4O4. The number of nitrogens with zero attached hydrogens (tertiary/aromatic N) is 3. The largest absolute Gasteiger partial charge is 0.493 e. The van der Waals surface area contributed by atoms with Gasteiger partial charge in [-0.2, -0.15) is 0 Å². The number of hydrogen-bond donors (Lipinski definition) is 1. The number of fused-ring (bicyclic) bond motifs is 1. The van der Waals surface area contributed by atoms with E-state index in [2.05, 4.69) is 46.8 Å². The molecule has 1 aromatic heterocycles. The summed E-state index contributed by atoms with van der Waals surface area (Å²) in [6.07, 6.45) is 0.553. The number of aromatic nitrogens is 3. The van der Waals surface area contributed by atoms with Gasteiger partial charge in [0, 0.05) is 6.54 Å². The van der Waals surface area contributed by atoms with Gasteiger partial charge in [-0.1, -0.05) is 41.1 Å². The summed E-state index contributed by atoms with van der Waals surface area (Å²) in [5, 5.41) is 11.2. The fourth-order valence-electron chi connectivity index (χ4n) is 3.61. The fourth-order valence-corrected chi connectivity index (χ4v) is 3.61. The standard InChI is InChI=1S/C23H26N4O4/c1-15-4-7-17(8-5-15)21-13-27-18(14-31-21)22(25-26-27)23(28)24-11-10-16-6-9-19(29-2)20(12-16)30-3/h4-9,12,21H,10-11,13-14H2,1-3H3,(H,24,28). The van der Waals surface area contributed by atoms with Crippen molar-refractivity contribution in [3.05, 3.63) is 70.5 Å². The number of methoxy groups -OCH3 is 2. The maximum absolute atomic E-state index is 12.7. The van der Waals surface area contributed by atoms with Gasteiger partial charge in [0.05, 0.1) is 33.1 Å². The first-order chi connectivity index (χ1) is 15.1. The van der Waals surface area contributed by atoms with E-state index in [1.165, 1.54) is 5.56 Å². The van der Waals surface area contributed by atoms with E-state index in [9.17, 15) is 4.79 Å². The molecule has 0 fully saturated rings. The molecule has 2 aromatic carbocycles.